The molecule has 2 heterocycles. The third-order valence-corrected chi connectivity index (χ3v) is 4.09. The van der Waals surface area contributed by atoms with Gasteiger partial charge in [-0.2, -0.15) is 11.8 Å². The van der Waals surface area contributed by atoms with Gasteiger partial charge in [-0.05, 0) is 18.6 Å². The van der Waals surface area contributed by atoms with Gasteiger partial charge in [-0.25, -0.2) is 4.98 Å². The SMILES string of the molecule is COC(=O)C(N)CSCc1cc(=O)n2cccc(C)c2n1. The van der Waals surface area contributed by atoms with Crippen molar-refractivity contribution in [3.8, 4) is 0 Å². The molecule has 112 valence electrons. The average Bonchev–Trinajstić information content (AvgIpc) is 2.47. The number of methoxy groups -OCH3 is 1. The number of carbonyl (C=O) groups is 1. The van der Waals surface area contributed by atoms with Gasteiger partial charge < -0.3 is 10.5 Å². The second-order valence-corrected chi connectivity index (χ2v) is 5.65. The van der Waals surface area contributed by atoms with E-state index in [9.17, 15) is 9.59 Å². The predicted octanol–water partition coefficient (Wildman–Crippen LogP) is 0.736. The van der Waals surface area contributed by atoms with Crippen molar-refractivity contribution in [1.29, 1.82) is 0 Å². The van der Waals surface area contributed by atoms with E-state index in [4.69, 9.17) is 5.73 Å². The Morgan fingerprint density at radius 3 is 3.05 bits per heavy atom. The molecule has 7 heteroatoms. The Labute approximate surface area is 126 Å². The van der Waals surface area contributed by atoms with Crippen LogP contribution < -0.4 is 11.3 Å². The summed E-state index contributed by atoms with van der Waals surface area (Å²) in [4.78, 5) is 27.7. The van der Waals surface area contributed by atoms with E-state index in [1.165, 1.54) is 29.3 Å². The molecule has 6 nitrogen and oxygen atoms in total. The summed E-state index contributed by atoms with van der Waals surface area (Å²) in [5.74, 6) is 0.497. The fraction of sp³-hybridized carbons (Fsp3) is 0.357. The molecule has 2 N–H and O–H groups in total. The molecule has 0 aliphatic carbocycles. The normalized spacial score (nSPS) is 12.3. The van der Waals surface area contributed by atoms with E-state index in [-0.39, 0.29) is 5.56 Å². The van der Waals surface area contributed by atoms with E-state index in [1.54, 1.807) is 6.20 Å². The molecule has 1 atom stereocenters. The molecule has 0 amide bonds. The second-order valence-electron chi connectivity index (χ2n) is 4.62. The molecule has 0 fully saturated rings. The van der Waals surface area contributed by atoms with Crippen LogP contribution in [0.5, 0.6) is 0 Å². The van der Waals surface area contributed by atoms with Crippen LogP contribution >= 0.6 is 11.8 Å². The van der Waals surface area contributed by atoms with Crippen LogP contribution in [0.1, 0.15) is 11.3 Å². The molecule has 2 aromatic heterocycles. The van der Waals surface area contributed by atoms with Gasteiger partial charge in [0.05, 0.1) is 12.8 Å². The summed E-state index contributed by atoms with van der Waals surface area (Å²) in [6.45, 7) is 1.91. The number of thioether (sulfide) groups is 1. The van der Waals surface area contributed by atoms with E-state index in [2.05, 4.69) is 9.72 Å². The Morgan fingerprint density at radius 2 is 2.33 bits per heavy atom. The molecule has 0 aromatic carbocycles. The third kappa shape index (κ3) is 3.62. The molecule has 0 saturated carbocycles. The van der Waals surface area contributed by atoms with Crippen molar-refractivity contribution in [2.75, 3.05) is 12.9 Å². The number of rotatable bonds is 5. The minimum Gasteiger partial charge on any atom is -0.468 e. The highest BCUT2D eigenvalue weighted by Gasteiger charge is 2.13. The van der Waals surface area contributed by atoms with Crippen molar-refractivity contribution in [2.24, 2.45) is 5.73 Å². The van der Waals surface area contributed by atoms with Gasteiger partial charge in [0.25, 0.3) is 5.56 Å². The smallest absolute Gasteiger partial charge is 0.323 e. The molecule has 0 aliphatic rings. The van der Waals surface area contributed by atoms with Crippen LogP contribution in [0.2, 0.25) is 0 Å². The fourth-order valence-corrected chi connectivity index (χ4v) is 2.76. The fourth-order valence-electron chi connectivity index (χ4n) is 1.89. The van der Waals surface area contributed by atoms with Crippen molar-refractivity contribution in [2.45, 2.75) is 18.7 Å². The summed E-state index contributed by atoms with van der Waals surface area (Å²) in [6.07, 6.45) is 1.70. The molecule has 21 heavy (non-hydrogen) atoms. The first-order valence-electron chi connectivity index (χ1n) is 6.42. The number of hydrogen-bond donors (Lipinski definition) is 1. The van der Waals surface area contributed by atoms with E-state index in [1.807, 2.05) is 19.1 Å². The summed E-state index contributed by atoms with van der Waals surface area (Å²) >= 11 is 1.44. The van der Waals surface area contributed by atoms with Crippen LogP contribution in [0.3, 0.4) is 0 Å². The molecule has 2 aromatic rings. The highest BCUT2D eigenvalue weighted by atomic mass is 32.2. The van der Waals surface area contributed by atoms with Gasteiger partial charge in [-0.1, -0.05) is 6.07 Å². The molecule has 0 bridgehead atoms. The lowest BCUT2D eigenvalue weighted by atomic mass is 10.3. The zero-order chi connectivity index (χ0) is 15.4. The van der Waals surface area contributed by atoms with Crippen LogP contribution in [-0.4, -0.2) is 34.3 Å². The Balaban J connectivity index is 2.11. The van der Waals surface area contributed by atoms with Crippen LogP contribution in [0, 0.1) is 6.92 Å². The number of fused-ring (bicyclic) bond motifs is 1. The number of pyridine rings is 1. The van der Waals surface area contributed by atoms with E-state index < -0.39 is 12.0 Å². The molecule has 0 saturated heterocycles. The first kappa shape index (κ1) is 15.5. The summed E-state index contributed by atoms with van der Waals surface area (Å²) in [7, 11) is 1.31. The van der Waals surface area contributed by atoms with E-state index in [0.717, 1.165) is 5.56 Å². The number of carbonyl (C=O) groups excluding carboxylic acids is 1. The Hall–Kier alpha value is -1.86. The molecule has 0 aliphatic heterocycles. The van der Waals surface area contributed by atoms with Gasteiger partial charge in [0.15, 0.2) is 0 Å². The molecular formula is C14H17N3O3S. The number of aryl methyl sites for hydroxylation is 1. The van der Waals surface area contributed by atoms with Crippen LogP contribution in [0.4, 0.5) is 0 Å². The van der Waals surface area contributed by atoms with Crippen molar-refractivity contribution < 1.29 is 9.53 Å². The van der Waals surface area contributed by atoms with Crippen molar-refractivity contribution in [1.82, 2.24) is 9.38 Å². The Morgan fingerprint density at radius 1 is 1.57 bits per heavy atom. The monoisotopic (exact) mass is 307 g/mol. The summed E-state index contributed by atoms with van der Waals surface area (Å²) in [6, 6.07) is 4.56. The first-order chi connectivity index (χ1) is 10.0. The highest BCUT2D eigenvalue weighted by molar-refractivity contribution is 7.98. The largest absolute Gasteiger partial charge is 0.468 e. The molecule has 0 radical (unpaired) electrons. The average molecular weight is 307 g/mol. The van der Waals surface area contributed by atoms with Crippen molar-refractivity contribution in [3.05, 3.63) is 46.0 Å². The molecule has 0 spiro atoms. The number of hydrogen-bond acceptors (Lipinski definition) is 6. The van der Waals surface area contributed by atoms with Crippen molar-refractivity contribution in [3.63, 3.8) is 0 Å². The minimum atomic E-state index is -0.664. The van der Waals surface area contributed by atoms with E-state index >= 15 is 0 Å². The van der Waals surface area contributed by atoms with Gasteiger partial charge in [-0.3, -0.25) is 14.0 Å². The zero-order valence-electron chi connectivity index (χ0n) is 11.9. The number of ether oxygens (including phenoxy) is 1. The quantitative estimate of drug-likeness (QED) is 0.820. The van der Waals surface area contributed by atoms with Crippen LogP contribution in [-0.2, 0) is 15.3 Å². The van der Waals surface area contributed by atoms with E-state index in [0.29, 0.717) is 22.8 Å². The predicted molar refractivity (Wildman–Crippen MR) is 82.4 cm³/mol. The second kappa shape index (κ2) is 6.73. The minimum absolute atomic E-state index is 0.114. The summed E-state index contributed by atoms with van der Waals surface area (Å²) in [5.41, 5.74) is 7.81. The van der Waals surface area contributed by atoms with Gasteiger partial charge in [0.2, 0.25) is 0 Å². The molecular weight excluding hydrogens is 290 g/mol. The van der Waals surface area contributed by atoms with Crippen molar-refractivity contribution >= 4 is 23.4 Å². The van der Waals surface area contributed by atoms with Gasteiger partial charge in [0, 0.05) is 23.8 Å². The first-order valence-corrected chi connectivity index (χ1v) is 7.57. The Kier molecular flexibility index (Phi) is 4.98. The maximum atomic E-state index is 12.0. The van der Waals surface area contributed by atoms with Crippen LogP contribution in [0.25, 0.3) is 5.65 Å². The summed E-state index contributed by atoms with van der Waals surface area (Å²) in [5, 5.41) is 0. The number of aromatic nitrogens is 2. The van der Waals surface area contributed by atoms with Gasteiger partial charge >= 0.3 is 5.97 Å². The maximum absolute atomic E-state index is 12.0. The lowest BCUT2D eigenvalue weighted by Gasteiger charge is -2.09. The lowest BCUT2D eigenvalue weighted by Crippen LogP contribution is -2.33. The Bertz CT molecular complexity index is 714. The molecule has 1 unspecified atom stereocenters. The topological polar surface area (TPSA) is 86.7 Å². The van der Waals surface area contributed by atoms with Crippen LogP contribution in [0.15, 0.2) is 29.2 Å². The highest BCUT2D eigenvalue weighted by Crippen LogP contribution is 2.12. The third-order valence-electron chi connectivity index (χ3n) is 2.99. The van der Waals surface area contributed by atoms with Gasteiger partial charge in [-0.15, -0.1) is 0 Å². The van der Waals surface area contributed by atoms with Gasteiger partial charge in [0.1, 0.15) is 11.7 Å². The standard InChI is InChI=1S/C14H17N3O3S/c1-9-4-3-5-17-12(18)6-10(16-13(9)17)7-21-8-11(15)14(19)20-2/h3-6,11H,7-8,15H2,1-2H3. The lowest BCUT2D eigenvalue weighted by molar-refractivity contribution is -0.141. The molecule has 2 rings (SSSR count). The maximum Gasteiger partial charge on any atom is 0.323 e. The summed E-state index contributed by atoms with van der Waals surface area (Å²) < 4.78 is 6.08. The number of esters is 1. The zero-order valence-corrected chi connectivity index (χ0v) is 12.7. The number of nitrogens with two attached hydrogens (primary N) is 1. The number of nitrogens with zero attached hydrogens (tertiary/aromatic N) is 2.